The van der Waals surface area contributed by atoms with E-state index in [1.807, 2.05) is 13.8 Å². The average Bonchev–Trinajstić information content (AvgIpc) is 1.96. The molecule has 0 aromatic heterocycles. The van der Waals surface area contributed by atoms with Gasteiger partial charge in [-0.25, -0.2) is 0 Å². The van der Waals surface area contributed by atoms with E-state index >= 15 is 0 Å². The number of nitrogens with one attached hydrogen (secondary N) is 2. The van der Waals surface area contributed by atoms with Crippen molar-refractivity contribution < 1.29 is 4.79 Å². The molecule has 0 fully saturated rings. The Morgan fingerprint density at radius 2 is 2.00 bits per heavy atom. The molecule has 0 saturated heterocycles. The van der Waals surface area contributed by atoms with Crippen LogP contribution >= 0.6 is 0 Å². The van der Waals surface area contributed by atoms with E-state index in [-0.39, 0.29) is 18.0 Å². The topological polar surface area (TPSA) is 67.2 Å². The molecule has 2 atom stereocenters. The zero-order valence-corrected chi connectivity index (χ0v) is 8.05. The van der Waals surface area contributed by atoms with Gasteiger partial charge in [0.1, 0.15) is 0 Å². The van der Waals surface area contributed by atoms with Crippen molar-refractivity contribution >= 4 is 5.91 Å². The third kappa shape index (κ3) is 7.50. The summed E-state index contributed by atoms with van der Waals surface area (Å²) in [6.45, 7) is 6.90. The summed E-state index contributed by atoms with van der Waals surface area (Å²) in [5.41, 5.74) is 5.55. The van der Waals surface area contributed by atoms with Crippen LogP contribution in [0.5, 0.6) is 0 Å². The Morgan fingerprint density at radius 3 is 2.42 bits per heavy atom. The summed E-state index contributed by atoms with van der Waals surface area (Å²) in [7, 11) is 0. The van der Waals surface area contributed by atoms with Gasteiger partial charge in [-0.3, -0.25) is 4.79 Å². The van der Waals surface area contributed by atoms with Gasteiger partial charge in [-0.05, 0) is 13.8 Å². The molecule has 0 bridgehead atoms. The summed E-state index contributed by atoms with van der Waals surface area (Å²) < 4.78 is 0. The predicted molar refractivity (Wildman–Crippen MR) is 49.8 cm³/mol. The first-order valence-electron chi connectivity index (χ1n) is 4.25. The van der Waals surface area contributed by atoms with E-state index in [0.717, 1.165) is 6.54 Å². The summed E-state index contributed by atoms with van der Waals surface area (Å²) >= 11 is 0. The standard InChI is InChI=1S/C8H19N3O/c1-6(9)4-10-7(2)5-11-8(3)12/h6-7,10H,4-5,9H2,1-3H3,(H,11,12). The zero-order chi connectivity index (χ0) is 9.56. The monoisotopic (exact) mass is 173 g/mol. The van der Waals surface area contributed by atoms with Gasteiger partial charge in [0.05, 0.1) is 0 Å². The highest BCUT2D eigenvalue weighted by molar-refractivity contribution is 5.72. The zero-order valence-electron chi connectivity index (χ0n) is 8.05. The Kier molecular flexibility index (Phi) is 5.66. The Labute approximate surface area is 73.9 Å². The van der Waals surface area contributed by atoms with Crippen molar-refractivity contribution in [1.82, 2.24) is 10.6 Å². The summed E-state index contributed by atoms with van der Waals surface area (Å²) in [5, 5.41) is 5.92. The van der Waals surface area contributed by atoms with Crippen LogP contribution < -0.4 is 16.4 Å². The van der Waals surface area contributed by atoms with E-state index in [0.29, 0.717) is 6.54 Å². The molecule has 4 N–H and O–H groups in total. The van der Waals surface area contributed by atoms with E-state index < -0.39 is 0 Å². The van der Waals surface area contributed by atoms with Crippen LogP contribution in [0.4, 0.5) is 0 Å². The largest absolute Gasteiger partial charge is 0.355 e. The smallest absolute Gasteiger partial charge is 0.216 e. The van der Waals surface area contributed by atoms with E-state index in [4.69, 9.17) is 5.73 Å². The molecule has 0 aliphatic carbocycles. The van der Waals surface area contributed by atoms with Crippen LogP contribution in [0.2, 0.25) is 0 Å². The maximum absolute atomic E-state index is 10.5. The molecule has 0 aliphatic heterocycles. The second-order valence-electron chi connectivity index (χ2n) is 3.22. The summed E-state index contributed by atoms with van der Waals surface area (Å²) in [6.07, 6.45) is 0. The van der Waals surface area contributed by atoms with Crippen LogP contribution in [-0.4, -0.2) is 31.1 Å². The Hall–Kier alpha value is -0.610. The normalized spacial score (nSPS) is 15.3. The molecule has 12 heavy (non-hydrogen) atoms. The highest BCUT2D eigenvalue weighted by Crippen LogP contribution is 1.79. The van der Waals surface area contributed by atoms with Crippen LogP contribution in [0.25, 0.3) is 0 Å². The lowest BCUT2D eigenvalue weighted by molar-refractivity contribution is -0.119. The third-order valence-electron chi connectivity index (χ3n) is 1.45. The minimum Gasteiger partial charge on any atom is -0.355 e. The number of hydrogen-bond acceptors (Lipinski definition) is 3. The quantitative estimate of drug-likeness (QED) is 0.522. The minimum absolute atomic E-state index is 0.00412. The number of rotatable bonds is 5. The molecule has 0 radical (unpaired) electrons. The molecule has 0 spiro atoms. The van der Waals surface area contributed by atoms with Gasteiger partial charge in [-0.2, -0.15) is 0 Å². The molecular weight excluding hydrogens is 154 g/mol. The van der Waals surface area contributed by atoms with E-state index in [1.54, 1.807) is 0 Å². The maximum Gasteiger partial charge on any atom is 0.216 e. The molecule has 1 amide bonds. The van der Waals surface area contributed by atoms with Gasteiger partial charge in [-0.15, -0.1) is 0 Å². The van der Waals surface area contributed by atoms with Gasteiger partial charge in [0, 0.05) is 32.1 Å². The SMILES string of the molecule is CC(=O)NCC(C)NCC(C)N. The van der Waals surface area contributed by atoms with E-state index in [9.17, 15) is 4.79 Å². The van der Waals surface area contributed by atoms with E-state index in [2.05, 4.69) is 10.6 Å². The number of carbonyl (C=O) groups excluding carboxylic acids is 1. The molecule has 4 heteroatoms. The van der Waals surface area contributed by atoms with Gasteiger partial charge in [-0.1, -0.05) is 0 Å². The van der Waals surface area contributed by atoms with Crippen LogP contribution in [0.1, 0.15) is 20.8 Å². The molecule has 72 valence electrons. The van der Waals surface area contributed by atoms with Gasteiger partial charge in [0.15, 0.2) is 0 Å². The molecular formula is C8H19N3O. The lowest BCUT2D eigenvalue weighted by atomic mass is 10.3. The summed E-state index contributed by atoms with van der Waals surface area (Å²) in [4.78, 5) is 10.5. The second kappa shape index (κ2) is 5.97. The number of amides is 1. The van der Waals surface area contributed by atoms with Gasteiger partial charge >= 0.3 is 0 Å². The number of nitrogens with two attached hydrogens (primary N) is 1. The molecule has 2 unspecified atom stereocenters. The lowest BCUT2D eigenvalue weighted by Crippen LogP contribution is -2.42. The Bertz CT molecular complexity index is 136. The number of carbonyl (C=O) groups is 1. The fraction of sp³-hybridized carbons (Fsp3) is 0.875. The first kappa shape index (κ1) is 11.4. The fourth-order valence-electron chi connectivity index (χ4n) is 0.756. The molecule has 0 saturated carbocycles. The molecule has 4 nitrogen and oxygen atoms in total. The fourth-order valence-corrected chi connectivity index (χ4v) is 0.756. The van der Waals surface area contributed by atoms with Crippen molar-refractivity contribution in [2.24, 2.45) is 5.73 Å². The van der Waals surface area contributed by atoms with Crippen molar-refractivity contribution in [1.29, 1.82) is 0 Å². The van der Waals surface area contributed by atoms with Crippen LogP contribution in [-0.2, 0) is 4.79 Å². The van der Waals surface area contributed by atoms with Crippen molar-refractivity contribution in [2.45, 2.75) is 32.9 Å². The molecule has 0 aromatic rings. The first-order chi connectivity index (χ1) is 5.52. The van der Waals surface area contributed by atoms with Gasteiger partial charge in [0.2, 0.25) is 5.91 Å². The number of hydrogen-bond donors (Lipinski definition) is 3. The highest BCUT2D eigenvalue weighted by Gasteiger charge is 2.02. The molecule has 0 heterocycles. The van der Waals surface area contributed by atoms with Crippen molar-refractivity contribution in [2.75, 3.05) is 13.1 Å². The maximum atomic E-state index is 10.5. The van der Waals surface area contributed by atoms with Crippen molar-refractivity contribution in [3.63, 3.8) is 0 Å². The Morgan fingerprint density at radius 1 is 1.42 bits per heavy atom. The summed E-state index contributed by atoms with van der Waals surface area (Å²) in [5.74, 6) is 0.00412. The predicted octanol–water partition coefficient (Wildman–Crippen LogP) is -0.552. The van der Waals surface area contributed by atoms with Gasteiger partial charge in [0.25, 0.3) is 0 Å². The Balaban J connectivity index is 3.33. The third-order valence-corrected chi connectivity index (χ3v) is 1.45. The van der Waals surface area contributed by atoms with Gasteiger partial charge < -0.3 is 16.4 Å². The molecule has 0 rings (SSSR count). The van der Waals surface area contributed by atoms with Crippen molar-refractivity contribution in [3.05, 3.63) is 0 Å². The molecule has 0 aliphatic rings. The van der Waals surface area contributed by atoms with Crippen LogP contribution in [0, 0.1) is 0 Å². The first-order valence-corrected chi connectivity index (χ1v) is 4.25. The molecule has 0 aromatic carbocycles. The highest BCUT2D eigenvalue weighted by atomic mass is 16.1. The minimum atomic E-state index is 0.00412. The van der Waals surface area contributed by atoms with E-state index in [1.165, 1.54) is 6.92 Å². The lowest BCUT2D eigenvalue weighted by Gasteiger charge is -2.15. The van der Waals surface area contributed by atoms with Crippen LogP contribution in [0.15, 0.2) is 0 Å². The van der Waals surface area contributed by atoms with Crippen molar-refractivity contribution in [3.8, 4) is 0 Å². The second-order valence-corrected chi connectivity index (χ2v) is 3.22. The summed E-state index contributed by atoms with van der Waals surface area (Å²) in [6, 6.07) is 0.435. The average molecular weight is 173 g/mol. The van der Waals surface area contributed by atoms with Crippen LogP contribution in [0.3, 0.4) is 0 Å².